The highest BCUT2D eigenvalue weighted by Crippen LogP contribution is 2.23. The van der Waals surface area contributed by atoms with Gasteiger partial charge in [0.05, 0.1) is 5.92 Å². The van der Waals surface area contributed by atoms with Crippen molar-refractivity contribution in [3.05, 3.63) is 32.6 Å². The number of hydrogen-bond donors (Lipinski definition) is 3. The molecule has 1 aliphatic rings. The first-order valence-corrected chi connectivity index (χ1v) is 6.26. The number of aliphatic carboxylic acids is 1. The van der Waals surface area contributed by atoms with Gasteiger partial charge in [-0.3, -0.25) is 19.4 Å². The number of piperidine rings is 1. The van der Waals surface area contributed by atoms with E-state index >= 15 is 0 Å². The lowest BCUT2D eigenvalue weighted by Gasteiger charge is -2.36. The molecule has 8 heteroatoms. The van der Waals surface area contributed by atoms with Crippen molar-refractivity contribution in [3.63, 3.8) is 0 Å². The van der Waals surface area contributed by atoms with Gasteiger partial charge in [0.2, 0.25) is 0 Å². The van der Waals surface area contributed by atoms with Crippen LogP contribution in [0.5, 0.6) is 0 Å². The molecule has 0 bridgehead atoms. The number of aromatic amines is 2. The zero-order valence-electron chi connectivity index (χ0n) is 10.9. The highest BCUT2D eigenvalue weighted by Gasteiger charge is 2.32. The minimum absolute atomic E-state index is 0.0839. The Morgan fingerprint density at radius 3 is 2.60 bits per heavy atom. The number of carboxylic acid groups (broad SMARTS) is 1. The summed E-state index contributed by atoms with van der Waals surface area (Å²) >= 11 is 0. The van der Waals surface area contributed by atoms with Crippen molar-refractivity contribution in [2.75, 3.05) is 6.54 Å². The number of nitrogens with zero attached hydrogens (tertiary/aromatic N) is 1. The van der Waals surface area contributed by atoms with E-state index in [1.165, 1.54) is 4.90 Å². The molecule has 0 aromatic carbocycles. The van der Waals surface area contributed by atoms with Gasteiger partial charge in [-0.2, -0.15) is 0 Å². The molecule has 108 valence electrons. The summed E-state index contributed by atoms with van der Waals surface area (Å²) in [4.78, 5) is 51.3. The molecule has 0 radical (unpaired) electrons. The van der Waals surface area contributed by atoms with Crippen molar-refractivity contribution in [2.24, 2.45) is 5.92 Å². The largest absolute Gasteiger partial charge is 0.481 e. The van der Waals surface area contributed by atoms with Crippen molar-refractivity contribution in [2.45, 2.75) is 25.8 Å². The molecule has 1 saturated heterocycles. The van der Waals surface area contributed by atoms with E-state index in [-0.39, 0.29) is 18.3 Å². The highest BCUT2D eigenvalue weighted by atomic mass is 16.4. The molecular weight excluding hydrogens is 266 g/mol. The molecule has 1 aliphatic heterocycles. The topological polar surface area (TPSA) is 123 Å². The van der Waals surface area contributed by atoms with Gasteiger partial charge in [0.25, 0.3) is 11.5 Å². The third-order valence-electron chi connectivity index (χ3n) is 3.48. The first-order valence-electron chi connectivity index (χ1n) is 6.26. The van der Waals surface area contributed by atoms with Crippen LogP contribution in [0.1, 0.15) is 30.3 Å². The van der Waals surface area contributed by atoms with Gasteiger partial charge in [-0.15, -0.1) is 0 Å². The Balaban J connectivity index is 2.20. The molecule has 1 fully saturated rings. The number of H-pyrrole nitrogens is 2. The van der Waals surface area contributed by atoms with Crippen LogP contribution in [0.3, 0.4) is 0 Å². The standard InChI is InChI=1S/C12H15N3O5/c1-6-4-7(11(18)19)2-3-15(6)10(17)8-5-9(16)14-12(20)13-8/h5-7H,2-4H2,1H3,(H,18,19)(H2,13,14,16,20). The first-order chi connectivity index (χ1) is 9.38. The number of nitrogens with one attached hydrogen (secondary N) is 2. The SMILES string of the molecule is CC1CC(C(=O)O)CCN1C(=O)c1cc(=O)[nH]c(=O)[nH]1. The predicted molar refractivity (Wildman–Crippen MR) is 68.5 cm³/mol. The van der Waals surface area contributed by atoms with Gasteiger partial charge in [-0.25, -0.2) is 4.79 Å². The quantitative estimate of drug-likeness (QED) is 0.667. The summed E-state index contributed by atoms with van der Waals surface area (Å²) in [7, 11) is 0. The highest BCUT2D eigenvalue weighted by molar-refractivity contribution is 5.92. The summed E-state index contributed by atoms with van der Waals surface area (Å²) in [6.07, 6.45) is 0.716. The summed E-state index contributed by atoms with van der Waals surface area (Å²) < 4.78 is 0. The van der Waals surface area contributed by atoms with E-state index in [2.05, 4.69) is 4.98 Å². The fourth-order valence-electron chi connectivity index (χ4n) is 2.44. The first kappa shape index (κ1) is 14.0. The summed E-state index contributed by atoms with van der Waals surface area (Å²) in [5.41, 5.74) is -1.47. The Labute approximate surface area is 113 Å². The van der Waals surface area contributed by atoms with E-state index in [9.17, 15) is 19.2 Å². The molecule has 2 heterocycles. The Kier molecular flexibility index (Phi) is 3.73. The average molecular weight is 281 g/mol. The molecule has 0 saturated carbocycles. The molecule has 0 spiro atoms. The molecule has 2 unspecified atom stereocenters. The van der Waals surface area contributed by atoms with Crippen molar-refractivity contribution < 1.29 is 14.7 Å². The molecule has 2 atom stereocenters. The molecule has 1 amide bonds. The lowest BCUT2D eigenvalue weighted by Crippen LogP contribution is -2.47. The monoisotopic (exact) mass is 281 g/mol. The Morgan fingerprint density at radius 1 is 1.35 bits per heavy atom. The van der Waals surface area contributed by atoms with E-state index in [1.54, 1.807) is 6.92 Å². The van der Waals surface area contributed by atoms with E-state index < -0.39 is 29.0 Å². The second-order valence-electron chi connectivity index (χ2n) is 4.91. The minimum Gasteiger partial charge on any atom is -0.481 e. The molecule has 1 aromatic heterocycles. The lowest BCUT2D eigenvalue weighted by atomic mass is 9.91. The number of amides is 1. The molecule has 0 aliphatic carbocycles. The number of carbonyl (C=O) groups is 2. The fourth-order valence-corrected chi connectivity index (χ4v) is 2.44. The molecule has 1 aromatic rings. The van der Waals surface area contributed by atoms with Gasteiger partial charge in [0.15, 0.2) is 0 Å². The summed E-state index contributed by atoms with van der Waals surface area (Å²) in [5, 5.41) is 8.97. The number of likely N-dealkylation sites (tertiary alicyclic amines) is 1. The fraction of sp³-hybridized carbons (Fsp3) is 0.500. The van der Waals surface area contributed by atoms with Crippen molar-refractivity contribution in [3.8, 4) is 0 Å². The van der Waals surface area contributed by atoms with Crippen LogP contribution in [0.4, 0.5) is 0 Å². The normalized spacial score (nSPS) is 22.6. The van der Waals surface area contributed by atoms with Gasteiger partial charge in [0, 0.05) is 18.7 Å². The maximum absolute atomic E-state index is 12.2. The minimum atomic E-state index is -0.867. The molecule has 8 nitrogen and oxygen atoms in total. The van der Waals surface area contributed by atoms with Crippen LogP contribution in [-0.4, -0.2) is 44.4 Å². The van der Waals surface area contributed by atoms with Crippen LogP contribution >= 0.6 is 0 Å². The van der Waals surface area contributed by atoms with E-state index in [1.807, 2.05) is 4.98 Å². The number of carbonyl (C=O) groups excluding carboxylic acids is 1. The van der Waals surface area contributed by atoms with Gasteiger partial charge >= 0.3 is 11.7 Å². The molecule has 2 rings (SSSR count). The van der Waals surface area contributed by atoms with E-state index in [4.69, 9.17) is 5.11 Å². The second kappa shape index (κ2) is 5.32. The van der Waals surface area contributed by atoms with Gasteiger partial charge in [-0.05, 0) is 19.8 Å². The van der Waals surface area contributed by atoms with Crippen LogP contribution in [0.15, 0.2) is 15.7 Å². The zero-order valence-corrected chi connectivity index (χ0v) is 10.9. The average Bonchev–Trinajstić information content (AvgIpc) is 2.36. The third kappa shape index (κ3) is 2.79. The number of rotatable bonds is 2. The Morgan fingerprint density at radius 2 is 2.05 bits per heavy atom. The molecular formula is C12H15N3O5. The summed E-state index contributed by atoms with van der Waals surface area (Å²) in [6.45, 7) is 2.03. The third-order valence-corrected chi connectivity index (χ3v) is 3.48. The van der Waals surface area contributed by atoms with Crippen LogP contribution in [0.25, 0.3) is 0 Å². The zero-order chi connectivity index (χ0) is 14.9. The maximum Gasteiger partial charge on any atom is 0.326 e. The van der Waals surface area contributed by atoms with Gasteiger partial charge in [0.1, 0.15) is 5.69 Å². The summed E-state index contributed by atoms with van der Waals surface area (Å²) in [5.74, 6) is -1.80. The smallest absolute Gasteiger partial charge is 0.326 e. The number of carboxylic acids is 1. The molecule has 3 N–H and O–H groups in total. The van der Waals surface area contributed by atoms with Crippen LogP contribution in [-0.2, 0) is 4.79 Å². The van der Waals surface area contributed by atoms with Crippen LogP contribution in [0, 0.1) is 5.92 Å². The van der Waals surface area contributed by atoms with Crippen molar-refractivity contribution >= 4 is 11.9 Å². The number of aromatic nitrogens is 2. The second-order valence-corrected chi connectivity index (χ2v) is 4.91. The van der Waals surface area contributed by atoms with Gasteiger partial charge < -0.3 is 15.0 Å². The van der Waals surface area contributed by atoms with Crippen molar-refractivity contribution in [1.82, 2.24) is 14.9 Å². The Hall–Kier alpha value is -2.38. The maximum atomic E-state index is 12.2. The van der Waals surface area contributed by atoms with Crippen molar-refractivity contribution in [1.29, 1.82) is 0 Å². The van der Waals surface area contributed by atoms with Crippen LogP contribution in [0.2, 0.25) is 0 Å². The predicted octanol–water partition coefficient (Wildman–Crippen LogP) is -0.611. The Bertz CT molecular complexity index is 619. The van der Waals surface area contributed by atoms with E-state index in [0.29, 0.717) is 12.8 Å². The number of hydrogen-bond acceptors (Lipinski definition) is 4. The lowest BCUT2D eigenvalue weighted by molar-refractivity contribution is -0.143. The van der Waals surface area contributed by atoms with Gasteiger partial charge in [-0.1, -0.05) is 0 Å². The van der Waals surface area contributed by atoms with E-state index in [0.717, 1.165) is 6.07 Å². The van der Waals surface area contributed by atoms with Crippen LogP contribution < -0.4 is 11.2 Å². The summed E-state index contributed by atoms with van der Waals surface area (Å²) in [6, 6.07) is 0.764. The molecule has 20 heavy (non-hydrogen) atoms.